The fourth-order valence-electron chi connectivity index (χ4n) is 9.32. The van der Waals surface area contributed by atoms with Crippen LogP contribution in [-0.4, -0.2) is 16.2 Å². The molecule has 0 amide bonds. The largest absolute Gasteiger partial charge is 0.456 e. The van der Waals surface area contributed by atoms with E-state index in [9.17, 15) is 0 Å². The van der Waals surface area contributed by atoms with E-state index in [1.165, 1.54) is 21.5 Å². The van der Waals surface area contributed by atoms with Gasteiger partial charge in [-0.1, -0.05) is 121 Å². The fourth-order valence-corrected chi connectivity index (χ4v) is 9.32. The Morgan fingerprint density at radius 1 is 0.458 bits per heavy atom. The van der Waals surface area contributed by atoms with Crippen molar-refractivity contribution in [1.82, 2.24) is 9.88 Å². The average molecular weight is 757 g/mol. The summed E-state index contributed by atoms with van der Waals surface area (Å²) in [6, 6.07) is 63.9. The van der Waals surface area contributed by atoms with Crippen molar-refractivity contribution in [3.63, 3.8) is 0 Å². The number of rotatable bonds is 4. The quantitative estimate of drug-likeness (QED) is 0.194. The van der Waals surface area contributed by atoms with Gasteiger partial charge >= 0.3 is 0 Å². The van der Waals surface area contributed by atoms with Gasteiger partial charge in [-0.05, 0) is 76.1 Å². The topological polar surface area (TPSA) is 68.0 Å². The highest BCUT2D eigenvalue weighted by atomic mass is 16.3. The van der Waals surface area contributed by atoms with E-state index < -0.39 is 6.17 Å². The van der Waals surface area contributed by atoms with Crippen molar-refractivity contribution >= 4 is 98.9 Å². The minimum absolute atomic E-state index is 0.433. The van der Waals surface area contributed by atoms with Gasteiger partial charge in [0.25, 0.3) is 0 Å². The molecule has 0 bridgehead atoms. The number of aliphatic imine (C=N–C) groups is 2. The molecule has 13 rings (SSSR count). The minimum atomic E-state index is -0.433. The molecule has 1 aliphatic rings. The van der Waals surface area contributed by atoms with Crippen LogP contribution < -0.4 is 5.32 Å². The molecule has 4 heterocycles. The lowest BCUT2D eigenvalue weighted by Gasteiger charge is -2.25. The van der Waals surface area contributed by atoms with Crippen LogP contribution in [0, 0.1) is 0 Å². The van der Waals surface area contributed by atoms with Crippen molar-refractivity contribution in [3.05, 3.63) is 199 Å². The second-order valence-electron chi connectivity index (χ2n) is 15.4. The zero-order valence-corrected chi connectivity index (χ0v) is 31.6. The first-order valence-electron chi connectivity index (χ1n) is 19.9. The van der Waals surface area contributed by atoms with Crippen LogP contribution in [0.15, 0.2) is 201 Å². The van der Waals surface area contributed by atoms with Crippen LogP contribution in [0.1, 0.15) is 22.9 Å². The molecule has 1 unspecified atom stereocenters. The second-order valence-corrected chi connectivity index (χ2v) is 15.4. The van der Waals surface area contributed by atoms with Crippen LogP contribution >= 0.6 is 0 Å². The summed E-state index contributed by atoms with van der Waals surface area (Å²) in [5.41, 5.74) is 9.43. The van der Waals surface area contributed by atoms with Crippen molar-refractivity contribution in [1.29, 1.82) is 0 Å². The number of nitrogens with zero attached hydrogens (tertiary/aromatic N) is 3. The second kappa shape index (κ2) is 12.3. The molecule has 12 aromatic rings. The number of furan rings is 2. The number of benzene rings is 9. The van der Waals surface area contributed by atoms with E-state index in [1.54, 1.807) is 0 Å². The molecule has 0 radical (unpaired) electrons. The van der Waals surface area contributed by atoms with Crippen LogP contribution in [0.25, 0.3) is 92.9 Å². The SMILES string of the molecule is c1ccc2cc3c(cc2c1)c1ccccc1n3-c1cc(C2=NC(c3ccc4oc5ccccc5c4c3)=NC(c3cccc4ccccc34)N2)c2c(c1)oc1ccccc12. The first-order chi connectivity index (χ1) is 29.2. The summed E-state index contributed by atoms with van der Waals surface area (Å²) in [5.74, 6) is 1.35. The van der Waals surface area contributed by atoms with Gasteiger partial charge in [0, 0.05) is 55.1 Å². The molecule has 0 aliphatic carbocycles. The highest BCUT2D eigenvalue weighted by Crippen LogP contribution is 2.40. The zero-order chi connectivity index (χ0) is 38.6. The summed E-state index contributed by atoms with van der Waals surface area (Å²) in [5, 5.41) is 15.1. The van der Waals surface area contributed by atoms with Gasteiger partial charge in [-0.15, -0.1) is 0 Å². The Hall–Kier alpha value is -7.96. The summed E-state index contributed by atoms with van der Waals surface area (Å²) >= 11 is 0. The summed E-state index contributed by atoms with van der Waals surface area (Å²) in [4.78, 5) is 10.8. The Balaban J connectivity index is 1.09. The Morgan fingerprint density at radius 2 is 1.12 bits per heavy atom. The maximum absolute atomic E-state index is 6.74. The molecule has 0 saturated heterocycles. The lowest BCUT2D eigenvalue weighted by atomic mass is 10.00. The first kappa shape index (κ1) is 32.2. The van der Waals surface area contributed by atoms with Gasteiger partial charge in [-0.25, -0.2) is 9.98 Å². The van der Waals surface area contributed by atoms with E-state index in [2.05, 4.69) is 155 Å². The Morgan fingerprint density at radius 3 is 1.98 bits per heavy atom. The molecule has 59 heavy (non-hydrogen) atoms. The number of amidine groups is 2. The number of nitrogens with one attached hydrogen (secondary N) is 1. The lowest BCUT2D eigenvalue weighted by molar-refractivity contribution is 0.667. The van der Waals surface area contributed by atoms with Gasteiger partial charge in [0.05, 0.1) is 16.7 Å². The molecule has 3 aromatic heterocycles. The van der Waals surface area contributed by atoms with E-state index >= 15 is 0 Å². The van der Waals surface area contributed by atoms with Crippen LogP contribution in [0.2, 0.25) is 0 Å². The van der Waals surface area contributed by atoms with Crippen molar-refractivity contribution in [3.8, 4) is 5.69 Å². The van der Waals surface area contributed by atoms with E-state index in [1.807, 2.05) is 36.4 Å². The molecule has 1 atom stereocenters. The van der Waals surface area contributed by atoms with Crippen LogP contribution in [0.3, 0.4) is 0 Å². The third-order valence-electron chi connectivity index (χ3n) is 12.0. The van der Waals surface area contributed by atoms with Crippen molar-refractivity contribution in [2.24, 2.45) is 9.98 Å². The number of aromatic nitrogens is 1. The van der Waals surface area contributed by atoms with Gasteiger partial charge in [0.15, 0.2) is 5.84 Å². The van der Waals surface area contributed by atoms with E-state index in [0.717, 1.165) is 93.9 Å². The van der Waals surface area contributed by atoms with Gasteiger partial charge in [0.2, 0.25) is 0 Å². The van der Waals surface area contributed by atoms with Gasteiger partial charge in [-0.3, -0.25) is 0 Å². The normalized spacial score (nSPS) is 14.6. The summed E-state index contributed by atoms with van der Waals surface area (Å²) in [7, 11) is 0. The smallest absolute Gasteiger partial charge is 0.159 e. The monoisotopic (exact) mass is 756 g/mol. The average Bonchev–Trinajstić information content (AvgIpc) is 3.96. The number of hydrogen-bond acceptors (Lipinski definition) is 5. The van der Waals surface area contributed by atoms with E-state index in [0.29, 0.717) is 5.84 Å². The summed E-state index contributed by atoms with van der Waals surface area (Å²) in [6.45, 7) is 0. The number of hydrogen-bond donors (Lipinski definition) is 1. The Bertz CT molecular complexity index is 3780. The van der Waals surface area contributed by atoms with Crippen LogP contribution in [-0.2, 0) is 0 Å². The van der Waals surface area contributed by atoms with Gasteiger partial charge in [0.1, 0.15) is 34.3 Å². The van der Waals surface area contributed by atoms with Crippen LogP contribution in [0.4, 0.5) is 0 Å². The molecule has 0 spiro atoms. The third-order valence-corrected chi connectivity index (χ3v) is 12.0. The third kappa shape index (κ3) is 4.87. The summed E-state index contributed by atoms with van der Waals surface area (Å²) in [6.07, 6.45) is -0.433. The van der Waals surface area contributed by atoms with Gasteiger partial charge < -0.3 is 18.7 Å². The van der Waals surface area contributed by atoms with Crippen molar-refractivity contribution in [2.75, 3.05) is 0 Å². The molecular formula is C53H32N4O2. The molecule has 9 aromatic carbocycles. The maximum atomic E-state index is 6.74. The predicted octanol–water partition coefficient (Wildman–Crippen LogP) is 13.4. The molecular weight excluding hydrogens is 725 g/mol. The maximum Gasteiger partial charge on any atom is 0.159 e. The fraction of sp³-hybridized carbons (Fsp3) is 0.0189. The lowest BCUT2D eigenvalue weighted by Crippen LogP contribution is -2.34. The van der Waals surface area contributed by atoms with E-state index in [4.69, 9.17) is 18.8 Å². The Labute approximate surface area is 336 Å². The standard InChI is InChI=1S/C53H32N4O2/c1-2-14-33-28-45-41(26-32(33)13-1)37-17-5-8-21-44(37)57(45)35-29-43(50-40-19-7-10-23-47(40)59-49(50)30-35)53-55-51(34-24-25-48-42(27-34)38-18-6-9-22-46(38)58-48)54-52(56-53)39-20-11-15-31-12-3-4-16-36(31)39/h1-30,52H,(H,54,55,56). The highest BCUT2D eigenvalue weighted by Gasteiger charge is 2.27. The summed E-state index contributed by atoms with van der Waals surface area (Å²) < 4.78 is 15.3. The predicted molar refractivity (Wildman–Crippen MR) is 242 cm³/mol. The van der Waals surface area contributed by atoms with Crippen molar-refractivity contribution < 1.29 is 8.83 Å². The molecule has 0 fully saturated rings. The number of para-hydroxylation sites is 3. The highest BCUT2D eigenvalue weighted by molar-refractivity contribution is 6.23. The zero-order valence-electron chi connectivity index (χ0n) is 31.6. The molecule has 276 valence electrons. The molecule has 6 heteroatoms. The molecule has 1 aliphatic heterocycles. The Kier molecular flexibility index (Phi) is 6.69. The molecule has 1 N–H and O–H groups in total. The first-order valence-corrected chi connectivity index (χ1v) is 19.9. The molecule has 6 nitrogen and oxygen atoms in total. The minimum Gasteiger partial charge on any atom is -0.456 e. The molecule has 0 saturated carbocycles. The van der Waals surface area contributed by atoms with Crippen molar-refractivity contribution in [2.45, 2.75) is 6.17 Å². The van der Waals surface area contributed by atoms with Crippen LogP contribution in [0.5, 0.6) is 0 Å². The van der Waals surface area contributed by atoms with E-state index in [-0.39, 0.29) is 0 Å². The van der Waals surface area contributed by atoms with Gasteiger partial charge in [-0.2, -0.15) is 0 Å². The number of fused-ring (bicyclic) bond motifs is 11.